The zero-order valence-electron chi connectivity index (χ0n) is 13.2. The van der Waals surface area contributed by atoms with Crippen LogP contribution in [0.15, 0.2) is 23.5 Å². The summed E-state index contributed by atoms with van der Waals surface area (Å²) in [6.07, 6.45) is 5.73. The van der Waals surface area contributed by atoms with Gasteiger partial charge in [0.15, 0.2) is 5.96 Å². The highest BCUT2D eigenvalue weighted by Crippen LogP contribution is 2.13. The monoisotopic (exact) mass is 434 g/mol. The molecular weight excluding hydrogens is 411 g/mol. The number of nitrogens with one attached hydrogen (secondary N) is 2. The summed E-state index contributed by atoms with van der Waals surface area (Å²) in [7, 11) is 3.71. The molecule has 22 heavy (non-hydrogen) atoms. The van der Waals surface area contributed by atoms with E-state index in [9.17, 15) is 0 Å². The average Bonchev–Trinajstić information content (AvgIpc) is 3.11. The van der Waals surface area contributed by atoms with E-state index >= 15 is 0 Å². The number of halogens is 1. The van der Waals surface area contributed by atoms with Gasteiger partial charge in [0.1, 0.15) is 0 Å². The molecule has 2 rings (SSSR count). The molecule has 2 aromatic heterocycles. The first-order valence-electron chi connectivity index (χ1n) is 7.08. The standard InChI is InChI=1S/C14H22N6S.HI/c1-4-12-10-17-13(21-12)6-7-16-14(15-2)18-9-11-5-8-19-20(11)3;/h5,8,10H,4,6-7,9H2,1-3H3,(H2,15,16,18);1H. The van der Waals surface area contributed by atoms with Gasteiger partial charge in [0.05, 0.1) is 17.2 Å². The van der Waals surface area contributed by atoms with E-state index in [1.165, 1.54) is 9.88 Å². The molecular formula is C14H23IN6S. The Morgan fingerprint density at radius 2 is 2.23 bits per heavy atom. The third kappa shape index (κ3) is 5.56. The maximum Gasteiger partial charge on any atom is 0.191 e. The minimum Gasteiger partial charge on any atom is -0.356 e. The van der Waals surface area contributed by atoms with Gasteiger partial charge >= 0.3 is 0 Å². The van der Waals surface area contributed by atoms with E-state index in [2.05, 4.69) is 32.6 Å². The van der Waals surface area contributed by atoms with E-state index in [1.807, 2.05) is 24.0 Å². The molecule has 0 spiro atoms. The van der Waals surface area contributed by atoms with Crippen molar-refractivity contribution in [1.82, 2.24) is 25.4 Å². The zero-order chi connectivity index (χ0) is 15.1. The Hall–Kier alpha value is -1.16. The number of aliphatic imine (C=N–C) groups is 1. The Bertz CT molecular complexity index is 592. The Balaban J connectivity index is 0.00000242. The maximum atomic E-state index is 4.41. The van der Waals surface area contributed by atoms with Crippen LogP contribution in [-0.2, 0) is 26.4 Å². The smallest absolute Gasteiger partial charge is 0.191 e. The lowest BCUT2D eigenvalue weighted by Gasteiger charge is -2.11. The molecule has 2 aromatic rings. The molecule has 0 fully saturated rings. The van der Waals surface area contributed by atoms with Crippen LogP contribution < -0.4 is 10.6 Å². The third-order valence-corrected chi connectivity index (χ3v) is 4.37. The fraction of sp³-hybridized carbons (Fsp3) is 0.500. The van der Waals surface area contributed by atoms with Gasteiger partial charge < -0.3 is 10.6 Å². The Morgan fingerprint density at radius 3 is 2.82 bits per heavy atom. The molecule has 6 nitrogen and oxygen atoms in total. The zero-order valence-corrected chi connectivity index (χ0v) is 16.3. The van der Waals surface area contributed by atoms with Crippen LogP contribution in [0.4, 0.5) is 0 Å². The van der Waals surface area contributed by atoms with E-state index in [0.29, 0.717) is 6.54 Å². The molecule has 0 aromatic carbocycles. The second kappa shape index (κ2) is 9.78. The molecule has 122 valence electrons. The highest BCUT2D eigenvalue weighted by Gasteiger charge is 2.03. The predicted octanol–water partition coefficient (Wildman–Crippen LogP) is 1.96. The minimum absolute atomic E-state index is 0. The summed E-state index contributed by atoms with van der Waals surface area (Å²) in [5, 5.41) is 11.9. The normalized spacial score (nSPS) is 11.1. The van der Waals surface area contributed by atoms with Crippen LogP contribution >= 0.6 is 35.3 Å². The summed E-state index contributed by atoms with van der Waals surface area (Å²) in [5.41, 5.74) is 1.12. The molecule has 0 bridgehead atoms. The molecule has 0 saturated carbocycles. The van der Waals surface area contributed by atoms with Crippen molar-refractivity contribution < 1.29 is 0 Å². The van der Waals surface area contributed by atoms with Crippen LogP contribution in [0.25, 0.3) is 0 Å². The predicted molar refractivity (Wildman–Crippen MR) is 102 cm³/mol. The quantitative estimate of drug-likeness (QED) is 0.415. The van der Waals surface area contributed by atoms with Crippen LogP contribution in [0, 0.1) is 0 Å². The number of hydrogen-bond acceptors (Lipinski definition) is 4. The first kappa shape index (κ1) is 18.9. The number of aryl methyl sites for hydroxylation is 2. The summed E-state index contributed by atoms with van der Waals surface area (Å²) in [5.74, 6) is 0.795. The molecule has 0 unspecified atom stereocenters. The first-order chi connectivity index (χ1) is 10.2. The van der Waals surface area contributed by atoms with Gasteiger partial charge in [-0.25, -0.2) is 4.98 Å². The highest BCUT2D eigenvalue weighted by atomic mass is 127. The highest BCUT2D eigenvalue weighted by molar-refractivity contribution is 14.0. The van der Waals surface area contributed by atoms with Gasteiger partial charge in [-0.3, -0.25) is 9.67 Å². The third-order valence-electron chi connectivity index (χ3n) is 3.16. The topological polar surface area (TPSA) is 67.1 Å². The van der Waals surface area contributed by atoms with E-state index < -0.39 is 0 Å². The van der Waals surface area contributed by atoms with Crippen molar-refractivity contribution in [2.45, 2.75) is 26.3 Å². The van der Waals surface area contributed by atoms with Crippen molar-refractivity contribution in [2.24, 2.45) is 12.0 Å². The van der Waals surface area contributed by atoms with Gasteiger partial charge in [0.25, 0.3) is 0 Å². The molecule has 0 saturated heterocycles. The average molecular weight is 434 g/mol. The van der Waals surface area contributed by atoms with Crippen LogP contribution in [0.1, 0.15) is 22.5 Å². The first-order valence-corrected chi connectivity index (χ1v) is 7.89. The van der Waals surface area contributed by atoms with Crippen molar-refractivity contribution in [1.29, 1.82) is 0 Å². The van der Waals surface area contributed by atoms with E-state index in [4.69, 9.17) is 0 Å². The lowest BCUT2D eigenvalue weighted by Crippen LogP contribution is -2.38. The number of hydrogen-bond donors (Lipinski definition) is 2. The van der Waals surface area contributed by atoms with E-state index in [1.54, 1.807) is 24.6 Å². The Labute approximate surface area is 152 Å². The van der Waals surface area contributed by atoms with Crippen molar-refractivity contribution in [2.75, 3.05) is 13.6 Å². The molecule has 2 N–H and O–H groups in total. The fourth-order valence-corrected chi connectivity index (χ4v) is 2.75. The minimum atomic E-state index is 0. The molecule has 0 radical (unpaired) electrons. The summed E-state index contributed by atoms with van der Waals surface area (Å²) in [6, 6.07) is 1.99. The van der Waals surface area contributed by atoms with Gasteiger partial charge in [0, 0.05) is 44.3 Å². The SMILES string of the molecule is CCc1cnc(CCNC(=NC)NCc2ccnn2C)s1.I. The number of aromatic nitrogens is 3. The van der Waals surface area contributed by atoms with Crippen LogP contribution in [0.5, 0.6) is 0 Å². The summed E-state index contributed by atoms with van der Waals surface area (Å²) in [6.45, 7) is 3.68. The van der Waals surface area contributed by atoms with Gasteiger partial charge in [-0.15, -0.1) is 35.3 Å². The van der Waals surface area contributed by atoms with Crippen molar-refractivity contribution >= 4 is 41.3 Å². The largest absolute Gasteiger partial charge is 0.356 e. The summed E-state index contributed by atoms with van der Waals surface area (Å²) < 4.78 is 1.85. The molecule has 8 heteroatoms. The number of thiazole rings is 1. The lowest BCUT2D eigenvalue weighted by molar-refractivity contribution is 0.684. The van der Waals surface area contributed by atoms with Crippen LogP contribution in [0.3, 0.4) is 0 Å². The Kier molecular flexibility index (Phi) is 8.39. The fourth-order valence-electron chi connectivity index (χ4n) is 1.88. The number of guanidine groups is 1. The van der Waals surface area contributed by atoms with Crippen molar-refractivity contribution in [3.63, 3.8) is 0 Å². The molecule has 0 aliphatic carbocycles. The second-order valence-corrected chi connectivity index (χ2v) is 5.82. The molecule has 0 aliphatic rings. The van der Waals surface area contributed by atoms with E-state index in [0.717, 1.165) is 31.0 Å². The molecule has 2 heterocycles. The van der Waals surface area contributed by atoms with Gasteiger partial charge in [-0.1, -0.05) is 6.92 Å². The summed E-state index contributed by atoms with van der Waals surface area (Å²) in [4.78, 5) is 9.97. The second-order valence-electron chi connectivity index (χ2n) is 4.62. The van der Waals surface area contributed by atoms with Gasteiger partial charge in [-0.2, -0.15) is 5.10 Å². The number of rotatable bonds is 6. The maximum absolute atomic E-state index is 4.41. The van der Waals surface area contributed by atoms with Gasteiger partial charge in [0.2, 0.25) is 0 Å². The number of nitrogens with zero attached hydrogens (tertiary/aromatic N) is 4. The van der Waals surface area contributed by atoms with Crippen LogP contribution in [0.2, 0.25) is 0 Å². The van der Waals surface area contributed by atoms with Crippen molar-refractivity contribution in [3.8, 4) is 0 Å². The Morgan fingerprint density at radius 1 is 1.41 bits per heavy atom. The molecule has 0 aliphatic heterocycles. The van der Waals surface area contributed by atoms with E-state index in [-0.39, 0.29) is 24.0 Å². The van der Waals surface area contributed by atoms with Crippen molar-refractivity contribution in [3.05, 3.63) is 34.0 Å². The van der Waals surface area contributed by atoms with Crippen LogP contribution in [-0.4, -0.2) is 34.3 Å². The molecule has 0 atom stereocenters. The summed E-state index contributed by atoms with van der Waals surface area (Å²) >= 11 is 1.78. The molecule has 0 amide bonds. The lowest BCUT2D eigenvalue weighted by atomic mass is 10.4. The van der Waals surface area contributed by atoms with Gasteiger partial charge in [-0.05, 0) is 12.5 Å².